The van der Waals surface area contributed by atoms with Gasteiger partial charge < -0.3 is 10.2 Å². The van der Waals surface area contributed by atoms with Crippen molar-refractivity contribution in [2.45, 2.75) is 46.2 Å². The van der Waals surface area contributed by atoms with Crippen LogP contribution < -0.4 is 10.6 Å². The second-order valence-corrected chi connectivity index (χ2v) is 7.48. The third kappa shape index (κ3) is 3.26. The van der Waals surface area contributed by atoms with E-state index in [1.807, 2.05) is 20.8 Å². The number of anilines is 1. The molecule has 1 aromatic carbocycles. The summed E-state index contributed by atoms with van der Waals surface area (Å²) in [6, 6.07) is 4.55. The van der Waals surface area contributed by atoms with Gasteiger partial charge >= 0.3 is 0 Å². The van der Waals surface area contributed by atoms with Crippen molar-refractivity contribution in [3.63, 3.8) is 0 Å². The molecule has 1 unspecified atom stereocenters. The minimum Gasteiger partial charge on any atom is -0.326 e. The monoisotopic (exact) mass is 343 g/mol. The van der Waals surface area contributed by atoms with Crippen molar-refractivity contribution in [1.82, 2.24) is 10.2 Å². The van der Waals surface area contributed by atoms with Gasteiger partial charge in [0.2, 0.25) is 17.7 Å². The van der Waals surface area contributed by atoms with E-state index in [-0.39, 0.29) is 24.1 Å². The molecule has 7 heteroatoms. The van der Waals surface area contributed by atoms with E-state index in [1.54, 1.807) is 18.2 Å². The molecule has 1 fully saturated rings. The highest BCUT2D eigenvalue weighted by atomic mass is 16.2. The van der Waals surface area contributed by atoms with Crippen molar-refractivity contribution < 1.29 is 19.2 Å². The zero-order valence-corrected chi connectivity index (χ0v) is 14.5. The van der Waals surface area contributed by atoms with Crippen LogP contribution in [0.15, 0.2) is 18.2 Å². The fourth-order valence-electron chi connectivity index (χ4n) is 2.95. The quantitative estimate of drug-likeness (QED) is 0.794. The molecule has 0 bridgehead atoms. The normalized spacial score (nSPS) is 20.4. The first-order valence-electron chi connectivity index (χ1n) is 8.26. The van der Waals surface area contributed by atoms with E-state index in [0.29, 0.717) is 24.2 Å². The first kappa shape index (κ1) is 17.1. The van der Waals surface area contributed by atoms with Crippen LogP contribution in [0.2, 0.25) is 0 Å². The molecule has 7 nitrogen and oxygen atoms in total. The molecule has 0 saturated carbocycles. The molecule has 2 N–H and O–H groups in total. The lowest BCUT2D eigenvalue weighted by atomic mass is 9.95. The van der Waals surface area contributed by atoms with Crippen molar-refractivity contribution in [2.24, 2.45) is 5.41 Å². The molecule has 2 aliphatic heterocycles. The second-order valence-electron chi connectivity index (χ2n) is 7.48. The molecule has 0 aromatic heterocycles. The maximum absolute atomic E-state index is 12.7. The molecule has 2 aliphatic rings. The van der Waals surface area contributed by atoms with Crippen LogP contribution in [0.1, 0.15) is 49.5 Å². The number of fused-ring (bicyclic) bond motifs is 1. The zero-order chi connectivity index (χ0) is 18.4. The molecule has 1 aromatic rings. The zero-order valence-electron chi connectivity index (χ0n) is 14.5. The summed E-state index contributed by atoms with van der Waals surface area (Å²) < 4.78 is 0. The molecule has 25 heavy (non-hydrogen) atoms. The molecular weight excluding hydrogens is 322 g/mol. The Bertz CT molecular complexity index is 779. The van der Waals surface area contributed by atoms with E-state index in [0.717, 1.165) is 5.56 Å². The largest absolute Gasteiger partial charge is 0.326 e. The Labute approximate surface area is 145 Å². The minimum absolute atomic E-state index is 0.139. The van der Waals surface area contributed by atoms with Crippen LogP contribution in [0.3, 0.4) is 0 Å². The van der Waals surface area contributed by atoms with Crippen molar-refractivity contribution in [2.75, 3.05) is 5.32 Å². The Hall–Kier alpha value is -2.70. The summed E-state index contributed by atoms with van der Waals surface area (Å²) in [6.07, 6.45) is 0.557. The lowest BCUT2D eigenvalue weighted by Crippen LogP contribution is -2.52. The van der Waals surface area contributed by atoms with Gasteiger partial charge in [0.1, 0.15) is 6.04 Å². The van der Waals surface area contributed by atoms with E-state index < -0.39 is 17.4 Å². The lowest BCUT2D eigenvalue weighted by molar-refractivity contribution is -0.137. The van der Waals surface area contributed by atoms with Crippen molar-refractivity contribution in [3.8, 4) is 0 Å². The SMILES string of the molecule is CC(C)(C)C(=O)Nc1ccc2c(c1)C(=O)N(C1CCC(=O)NC1=O)C2. The van der Waals surface area contributed by atoms with Gasteiger partial charge in [-0.15, -0.1) is 0 Å². The topological polar surface area (TPSA) is 95.6 Å². The molecule has 3 rings (SSSR count). The molecule has 1 atom stereocenters. The van der Waals surface area contributed by atoms with Gasteiger partial charge in [0, 0.05) is 29.6 Å². The van der Waals surface area contributed by atoms with Crippen LogP contribution in [0.4, 0.5) is 5.69 Å². The van der Waals surface area contributed by atoms with E-state index in [1.165, 1.54) is 4.90 Å². The average molecular weight is 343 g/mol. The number of carbonyl (C=O) groups is 4. The van der Waals surface area contributed by atoms with E-state index >= 15 is 0 Å². The molecule has 0 spiro atoms. The lowest BCUT2D eigenvalue weighted by Gasteiger charge is -2.29. The smallest absolute Gasteiger partial charge is 0.255 e. The number of benzene rings is 1. The van der Waals surface area contributed by atoms with Crippen LogP contribution in [0, 0.1) is 5.41 Å². The van der Waals surface area contributed by atoms with E-state index in [4.69, 9.17) is 0 Å². The third-order valence-corrected chi connectivity index (χ3v) is 4.47. The highest BCUT2D eigenvalue weighted by Gasteiger charge is 2.39. The van der Waals surface area contributed by atoms with Gasteiger partial charge in [-0.3, -0.25) is 24.5 Å². The second kappa shape index (κ2) is 5.98. The molecule has 4 amide bonds. The number of nitrogens with one attached hydrogen (secondary N) is 2. The molecule has 1 saturated heterocycles. The summed E-state index contributed by atoms with van der Waals surface area (Å²) in [4.78, 5) is 49.6. The molecule has 2 heterocycles. The van der Waals surface area contributed by atoms with Gasteiger partial charge in [-0.1, -0.05) is 26.8 Å². The fourth-order valence-corrected chi connectivity index (χ4v) is 2.95. The summed E-state index contributed by atoms with van der Waals surface area (Å²) in [5.41, 5.74) is 1.30. The van der Waals surface area contributed by atoms with Gasteiger partial charge in [0.05, 0.1) is 0 Å². The molecule has 132 valence electrons. The van der Waals surface area contributed by atoms with E-state index in [9.17, 15) is 19.2 Å². The summed E-state index contributed by atoms with van der Waals surface area (Å²) >= 11 is 0. The van der Waals surface area contributed by atoms with Gasteiger partial charge in [0.15, 0.2) is 0 Å². The maximum Gasteiger partial charge on any atom is 0.255 e. The van der Waals surface area contributed by atoms with Crippen molar-refractivity contribution in [1.29, 1.82) is 0 Å². The standard InChI is InChI=1S/C18H21N3O4/c1-18(2,3)17(25)19-11-5-4-10-9-21(16(24)12(10)8-11)13-6-7-14(22)20-15(13)23/h4-5,8,13H,6-7,9H2,1-3H3,(H,19,25)(H,20,22,23). The van der Waals surface area contributed by atoms with Gasteiger partial charge in [-0.05, 0) is 24.1 Å². The summed E-state index contributed by atoms with van der Waals surface area (Å²) in [6.45, 7) is 5.76. The number of rotatable bonds is 2. The van der Waals surface area contributed by atoms with Crippen LogP contribution >= 0.6 is 0 Å². The van der Waals surface area contributed by atoms with Crippen LogP contribution in [-0.4, -0.2) is 34.6 Å². The first-order chi connectivity index (χ1) is 11.7. The van der Waals surface area contributed by atoms with Gasteiger partial charge in [0.25, 0.3) is 5.91 Å². The number of amides is 4. The average Bonchev–Trinajstić information content (AvgIpc) is 2.83. The predicted octanol–water partition coefficient (Wildman–Crippen LogP) is 1.43. The fraction of sp³-hybridized carbons (Fsp3) is 0.444. The Morgan fingerprint density at radius 1 is 1.24 bits per heavy atom. The van der Waals surface area contributed by atoms with Gasteiger partial charge in [-0.2, -0.15) is 0 Å². The van der Waals surface area contributed by atoms with Crippen LogP contribution in [-0.2, 0) is 20.9 Å². The molecule has 0 aliphatic carbocycles. The Balaban J connectivity index is 1.79. The first-order valence-corrected chi connectivity index (χ1v) is 8.26. The number of piperidine rings is 1. The number of carbonyl (C=O) groups excluding carboxylic acids is 4. The highest BCUT2D eigenvalue weighted by Crippen LogP contribution is 2.30. The van der Waals surface area contributed by atoms with Crippen molar-refractivity contribution in [3.05, 3.63) is 29.3 Å². The Kier molecular flexibility index (Phi) is 4.10. The third-order valence-electron chi connectivity index (χ3n) is 4.47. The number of hydrogen-bond donors (Lipinski definition) is 2. The maximum atomic E-state index is 12.7. The summed E-state index contributed by atoms with van der Waals surface area (Å²) in [5.74, 6) is -1.13. The summed E-state index contributed by atoms with van der Waals surface area (Å²) in [7, 11) is 0. The van der Waals surface area contributed by atoms with Crippen LogP contribution in [0.5, 0.6) is 0 Å². The Morgan fingerprint density at radius 2 is 1.96 bits per heavy atom. The number of imide groups is 1. The Morgan fingerprint density at radius 3 is 2.60 bits per heavy atom. The number of hydrogen-bond acceptors (Lipinski definition) is 4. The van der Waals surface area contributed by atoms with Crippen molar-refractivity contribution >= 4 is 29.3 Å². The van der Waals surface area contributed by atoms with E-state index in [2.05, 4.69) is 10.6 Å². The molecule has 0 radical (unpaired) electrons. The van der Waals surface area contributed by atoms with Gasteiger partial charge in [-0.25, -0.2) is 0 Å². The minimum atomic E-state index is -0.634. The molecular formula is C18H21N3O4. The summed E-state index contributed by atoms with van der Waals surface area (Å²) in [5, 5.41) is 5.09. The highest BCUT2D eigenvalue weighted by molar-refractivity contribution is 6.06. The predicted molar refractivity (Wildman–Crippen MR) is 90.6 cm³/mol. The van der Waals surface area contributed by atoms with Crippen LogP contribution in [0.25, 0.3) is 0 Å². The number of nitrogens with zero attached hydrogens (tertiary/aromatic N) is 1.